The van der Waals surface area contributed by atoms with Crippen LogP contribution in [0.1, 0.15) is 113 Å². The Kier molecular flexibility index (Phi) is 12.5. The van der Waals surface area contributed by atoms with Crippen LogP contribution in [0.5, 0.6) is 0 Å². The molecular formula is C38H46F2N2O. The fourth-order valence-corrected chi connectivity index (χ4v) is 7.34. The third-order valence-corrected chi connectivity index (χ3v) is 9.63. The van der Waals surface area contributed by atoms with Crippen molar-refractivity contribution in [1.29, 1.82) is 10.5 Å². The molecule has 0 saturated heterocycles. The van der Waals surface area contributed by atoms with Gasteiger partial charge in [0.25, 0.3) is 0 Å². The topological polar surface area (TPSA) is 56.8 Å². The predicted molar refractivity (Wildman–Crippen MR) is 170 cm³/mol. The van der Waals surface area contributed by atoms with Gasteiger partial charge in [-0.3, -0.25) is 0 Å². The van der Waals surface area contributed by atoms with Gasteiger partial charge in [-0.2, -0.15) is 10.5 Å². The Morgan fingerprint density at radius 3 is 1.42 bits per heavy atom. The number of nitriles is 2. The molecule has 228 valence electrons. The molecule has 0 unspecified atom stereocenters. The molecule has 0 aromatic heterocycles. The number of ether oxygens (including phenoxy) is 1. The first-order chi connectivity index (χ1) is 21.0. The normalized spacial score (nSPS) is 23.0. The number of hydrogen-bond acceptors (Lipinski definition) is 3. The van der Waals surface area contributed by atoms with Crippen LogP contribution < -0.4 is 0 Å². The second kappa shape index (κ2) is 16.5. The standard InChI is InChI=1S/C38H46F2N2O/c1-3-5-27-7-13-31(14-8-27)33(35-17-11-29(25-41)23-37(35)39)19-21-43-22-20-34(32-15-9-28(6-4-2)10-16-32)36-18-12-30(26-42)24-38(36)40/h11-12,17-20,23-24,27-28,31-32H,3-10,13-16,21-22H2,1-2H3. The summed E-state index contributed by atoms with van der Waals surface area (Å²) >= 11 is 0. The molecule has 0 spiro atoms. The number of halogens is 2. The molecule has 4 rings (SSSR count). The maximum absolute atomic E-state index is 15.2. The summed E-state index contributed by atoms with van der Waals surface area (Å²) in [6, 6.07) is 13.5. The smallest absolute Gasteiger partial charge is 0.132 e. The van der Waals surface area contributed by atoms with Crippen LogP contribution in [0, 0.1) is 58.0 Å². The van der Waals surface area contributed by atoms with Gasteiger partial charge in [0.05, 0.1) is 36.5 Å². The summed E-state index contributed by atoms with van der Waals surface area (Å²) in [7, 11) is 0. The van der Waals surface area contributed by atoms with Gasteiger partial charge in [-0.05, 0) is 110 Å². The lowest BCUT2D eigenvalue weighted by Crippen LogP contribution is -2.17. The molecule has 0 amide bonds. The zero-order valence-corrected chi connectivity index (χ0v) is 25.9. The molecule has 2 fully saturated rings. The number of hydrogen-bond donors (Lipinski definition) is 0. The van der Waals surface area contributed by atoms with Crippen molar-refractivity contribution in [2.75, 3.05) is 13.2 Å². The zero-order valence-electron chi connectivity index (χ0n) is 25.9. The summed E-state index contributed by atoms with van der Waals surface area (Å²) < 4.78 is 36.5. The van der Waals surface area contributed by atoms with E-state index >= 15 is 8.78 Å². The third kappa shape index (κ3) is 8.87. The number of benzene rings is 2. The SMILES string of the molecule is CCCC1CCC(C(=CCOCC=C(c2ccc(C#N)cc2F)C2CCC(CCC)CC2)c2ccc(C#N)cc2F)CC1. The van der Waals surface area contributed by atoms with E-state index in [0.717, 1.165) is 74.3 Å². The molecule has 2 aromatic rings. The minimum atomic E-state index is -0.363. The highest BCUT2D eigenvalue weighted by atomic mass is 19.1. The lowest BCUT2D eigenvalue weighted by Gasteiger charge is -2.31. The summed E-state index contributed by atoms with van der Waals surface area (Å²) in [4.78, 5) is 0. The minimum absolute atomic E-state index is 0.260. The molecule has 2 aliphatic rings. The van der Waals surface area contributed by atoms with E-state index in [4.69, 9.17) is 4.74 Å². The van der Waals surface area contributed by atoms with Gasteiger partial charge < -0.3 is 4.74 Å². The van der Waals surface area contributed by atoms with Gasteiger partial charge in [0.2, 0.25) is 0 Å². The van der Waals surface area contributed by atoms with E-state index in [9.17, 15) is 10.5 Å². The Hall–Kier alpha value is -3.28. The van der Waals surface area contributed by atoms with Crippen LogP contribution in [0.15, 0.2) is 48.6 Å². The molecular weight excluding hydrogens is 538 g/mol. The van der Waals surface area contributed by atoms with Crippen LogP contribution in [-0.4, -0.2) is 13.2 Å². The molecule has 43 heavy (non-hydrogen) atoms. The third-order valence-electron chi connectivity index (χ3n) is 9.63. The fourth-order valence-electron chi connectivity index (χ4n) is 7.34. The van der Waals surface area contributed by atoms with E-state index < -0.39 is 0 Å². The Balaban J connectivity index is 1.51. The summed E-state index contributed by atoms with van der Waals surface area (Å²) in [5.41, 5.74) is 3.68. The summed E-state index contributed by atoms with van der Waals surface area (Å²) in [5, 5.41) is 18.5. The van der Waals surface area contributed by atoms with E-state index in [1.54, 1.807) is 24.3 Å². The predicted octanol–water partition coefficient (Wildman–Crippen LogP) is 10.4. The van der Waals surface area contributed by atoms with Crippen LogP contribution >= 0.6 is 0 Å². The van der Waals surface area contributed by atoms with E-state index in [2.05, 4.69) is 13.8 Å². The number of nitrogens with zero attached hydrogens (tertiary/aromatic N) is 2. The lowest BCUT2D eigenvalue weighted by molar-refractivity contribution is 0.193. The summed E-state index contributed by atoms with van der Waals surface area (Å²) in [6.07, 6.45) is 17.6. The molecule has 0 heterocycles. The fraction of sp³-hybridized carbons (Fsp3) is 0.526. The van der Waals surface area contributed by atoms with Crippen LogP contribution in [0.2, 0.25) is 0 Å². The molecule has 0 atom stereocenters. The Labute approximate surface area is 257 Å². The van der Waals surface area contributed by atoms with Gasteiger partial charge in [-0.25, -0.2) is 8.78 Å². The maximum atomic E-state index is 15.2. The molecule has 2 saturated carbocycles. The van der Waals surface area contributed by atoms with Crippen molar-refractivity contribution in [2.45, 2.75) is 90.9 Å². The molecule has 2 aromatic carbocycles. The van der Waals surface area contributed by atoms with Crippen molar-refractivity contribution < 1.29 is 13.5 Å². The Morgan fingerprint density at radius 2 is 1.09 bits per heavy atom. The summed E-state index contributed by atoms with van der Waals surface area (Å²) in [6.45, 7) is 5.11. The quantitative estimate of drug-likeness (QED) is 0.233. The van der Waals surface area contributed by atoms with Crippen molar-refractivity contribution in [1.82, 2.24) is 0 Å². The second-order valence-corrected chi connectivity index (χ2v) is 12.5. The van der Waals surface area contributed by atoms with Crippen molar-refractivity contribution in [2.24, 2.45) is 23.7 Å². The van der Waals surface area contributed by atoms with Gasteiger partial charge in [-0.1, -0.05) is 63.8 Å². The molecule has 2 aliphatic carbocycles. The average Bonchev–Trinajstić information content (AvgIpc) is 3.03. The zero-order chi connectivity index (χ0) is 30.6. The van der Waals surface area contributed by atoms with Crippen molar-refractivity contribution >= 4 is 11.1 Å². The van der Waals surface area contributed by atoms with Gasteiger partial charge in [-0.15, -0.1) is 0 Å². The van der Waals surface area contributed by atoms with E-state index in [-0.39, 0.29) is 23.5 Å². The van der Waals surface area contributed by atoms with Gasteiger partial charge >= 0.3 is 0 Å². The monoisotopic (exact) mass is 584 g/mol. The minimum Gasteiger partial charge on any atom is -0.373 e. The maximum Gasteiger partial charge on any atom is 0.132 e. The molecule has 0 radical (unpaired) electrons. The van der Waals surface area contributed by atoms with Crippen molar-refractivity contribution in [3.05, 3.63) is 82.4 Å². The van der Waals surface area contributed by atoms with E-state index in [0.29, 0.717) is 35.5 Å². The van der Waals surface area contributed by atoms with Crippen LogP contribution in [-0.2, 0) is 4.74 Å². The van der Waals surface area contributed by atoms with E-state index in [1.165, 1.54) is 37.8 Å². The van der Waals surface area contributed by atoms with Crippen molar-refractivity contribution in [3.8, 4) is 12.1 Å². The largest absolute Gasteiger partial charge is 0.373 e. The van der Waals surface area contributed by atoms with Crippen molar-refractivity contribution in [3.63, 3.8) is 0 Å². The van der Waals surface area contributed by atoms with E-state index in [1.807, 2.05) is 24.3 Å². The highest BCUT2D eigenvalue weighted by Gasteiger charge is 2.27. The van der Waals surface area contributed by atoms with Gasteiger partial charge in [0.1, 0.15) is 11.6 Å². The average molecular weight is 585 g/mol. The molecule has 0 aliphatic heterocycles. The first kappa shape index (κ1) is 32.6. The molecule has 0 bridgehead atoms. The molecule has 3 nitrogen and oxygen atoms in total. The van der Waals surface area contributed by atoms with Gasteiger partial charge in [0, 0.05) is 11.1 Å². The lowest BCUT2D eigenvalue weighted by atomic mass is 9.75. The molecule has 5 heteroatoms. The van der Waals surface area contributed by atoms with Crippen LogP contribution in [0.3, 0.4) is 0 Å². The Morgan fingerprint density at radius 1 is 0.698 bits per heavy atom. The number of rotatable bonds is 12. The Bertz CT molecular complexity index is 1250. The number of allylic oxidation sites excluding steroid dienone is 2. The van der Waals surface area contributed by atoms with Crippen LogP contribution in [0.4, 0.5) is 8.78 Å². The van der Waals surface area contributed by atoms with Gasteiger partial charge in [0.15, 0.2) is 0 Å². The van der Waals surface area contributed by atoms with Crippen LogP contribution in [0.25, 0.3) is 11.1 Å². The molecule has 0 N–H and O–H groups in total. The summed E-state index contributed by atoms with van der Waals surface area (Å²) in [5.74, 6) is 1.28. The first-order valence-electron chi connectivity index (χ1n) is 16.3. The highest BCUT2D eigenvalue weighted by Crippen LogP contribution is 2.41. The first-order valence-corrected chi connectivity index (χ1v) is 16.3. The second-order valence-electron chi connectivity index (χ2n) is 12.5. The highest BCUT2D eigenvalue weighted by molar-refractivity contribution is 5.70.